The molecule has 1 N–H and O–H groups in total. The van der Waals surface area contributed by atoms with Crippen molar-refractivity contribution in [2.45, 2.75) is 13.8 Å². The Hall–Kier alpha value is -2.68. The van der Waals surface area contributed by atoms with Crippen molar-refractivity contribution in [2.75, 3.05) is 18.0 Å². The first kappa shape index (κ1) is 13.7. The molecule has 0 aliphatic carbocycles. The van der Waals surface area contributed by atoms with Gasteiger partial charge in [-0.05, 0) is 31.0 Å². The Labute approximate surface area is 116 Å². The van der Waals surface area contributed by atoms with Gasteiger partial charge in [0.25, 0.3) is 11.7 Å². The monoisotopic (exact) mass is 271 g/mol. The van der Waals surface area contributed by atoms with Crippen LogP contribution in [0.1, 0.15) is 21.5 Å². The maximum atomic E-state index is 12.0. The van der Waals surface area contributed by atoms with Crippen LogP contribution in [0.4, 0.5) is 5.69 Å². The first-order valence-electron chi connectivity index (χ1n) is 6.06. The average molecular weight is 271 g/mol. The number of hydrogen-bond donors (Lipinski definition) is 1. The first-order valence-corrected chi connectivity index (χ1v) is 6.06. The molecule has 2 rings (SSSR count). The summed E-state index contributed by atoms with van der Waals surface area (Å²) in [6.07, 6.45) is 0. The van der Waals surface area contributed by atoms with E-state index in [0.717, 1.165) is 16.0 Å². The van der Waals surface area contributed by atoms with Crippen molar-refractivity contribution in [3.8, 4) is 6.07 Å². The molecule has 0 spiro atoms. The zero-order valence-corrected chi connectivity index (χ0v) is 11.2. The van der Waals surface area contributed by atoms with Gasteiger partial charge in [0, 0.05) is 0 Å². The Morgan fingerprint density at radius 3 is 2.70 bits per heavy atom. The van der Waals surface area contributed by atoms with Crippen LogP contribution in [0.2, 0.25) is 0 Å². The van der Waals surface area contributed by atoms with Gasteiger partial charge in [0.05, 0.1) is 17.3 Å². The highest BCUT2D eigenvalue weighted by atomic mass is 16.2. The van der Waals surface area contributed by atoms with E-state index < -0.39 is 17.6 Å². The van der Waals surface area contributed by atoms with Crippen molar-refractivity contribution in [2.24, 2.45) is 0 Å². The summed E-state index contributed by atoms with van der Waals surface area (Å²) in [5.41, 5.74) is 2.45. The van der Waals surface area contributed by atoms with Crippen molar-refractivity contribution < 1.29 is 14.4 Å². The number of amides is 2. The number of nitriles is 1. The van der Waals surface area contributed by atoms with Gasteiger partial charge < -0.3 is 5.32 Å². The lowest BCUT2D eigenvalue weighted by molar-refractivity contribution is -0.121. The summed E-state index contributed by atoms with van der Waals surface area (Å²) in [5, 5.41) is 10.8. The summed E-state index contributed by atoms with van der Waals surface area (Å²) >= 11 is 0. The Morgan fingerprint density at radius 1 is 1.35 bits per heavy atom. The van der Waals surface area contributed by atoms with Crippen molar-refractivity contribution >= 4 is 23.3 Å². The van der Waals surface area contributed by atoms with Crippen LogP contribution in [0.15, 0.2) is 12.1 Å². The van der Waals surface area contributed by atoms with Gasteiger partial charge in [-0.15, -0.1) is 0 Å². The van der Waals surface area contributed by atoms with Gasteiger partial charge in [-0.25, -0.2) is 0 Å². The highest BCUT2D eigenvalue weighted by Gasteiger charge is 2.37. The third-order valence-electron chi connectivity index (χ3n) is 3.08. The molecule has 102 valence electrons. The van der Waals surface area contributed by atoms with Gasteiger partial charge >= 0.3 is 0 Å². The summed E-state index contributed by atoms with van der Waals surface area (Å²) in [6, 6.07) is 5.31. The number of Topliss-reactive ketones (excluding diaryl/α,β-unsaturated/α-hetero) is 1. The van der Waals surface area contributed by atoms with Gasteiger partial charge in [-0.1, -0.05) is 6.07 Å². The van der Waals surface area contributed by atoms with E-state index >= 15 is 0 Å². The number of aryl methyl sites for hydroxylation is 2. The number of nitrogens with one attached hydrogen (secondary N) is 1. The molecule has 20 heavy (non-hydrogen) atoms. The fourth-order valence-corrected chi connectivity index (χ4v) is 2.29. The predicted octanol–water partition coefficient (Wildman–Crippen LogP) is 0.473. The molecule has 2 amide bonds. The molecule has 6 nitrogen and oxygen atoms in total. The Kier molecular flexibility index (Phi) is 3.53. The van der Waals surface area contributed by atoms with Crippen molar-refractivity contribution in [1.82, 2.24) is 5.32 Å². The highest BCUT2D eigenvalue weighted by Crippen LogP contribution is 2.32. The smallest absolute Gasteiger partial charge is 0.299 e. The number of anilines is 1. The summed E-state index contributed by atoms with van der Waals surface area (Å²) in [4.78, 5) is 36.7. The molecule has 0 fully saturated rings. The lowest BCUT2D eigenvalue weighted by atomic mass is 10.0. The Bertz CT molecular complexity index is 658. The standard InChI is InChI=1S/C14H13N3O3/c1-8-5-9(2)12-10(6-8)17(14(20)13(12)19)7-11(18)16-4-3-15/h5-6H,4,7H2,1-2H3,(H,16,18). The molecule has 1 aliphatic rings. The zero-order chi connectivity index (χ0) is 14.9. The number of ketones is 1. The Balaban J connectivity index is 2.34. The quantitative estimate of drug-likeness (QED) is 0.639. The number of nitrogens with zero attached hydrogens (tertiary/aromatic N) is 2. The average Bonchev–Trinajstić information content (AvgIpc) is 2.61. The second kappa shape index (κ2) is 5.13. The third kappa shape index (κ3) is 2.26. The molecule has 1 aliphatic heterocycles. The SMILES string of the molecule is Cc1cc(C)c2c(c1)N(CC(=O)NCC#N)C(=O)C2=O. The zero-order valence-electron chi connectivity index (χ0n) is 11.2. The van der Waals surface area contributed by atoms with E-state index in [9.17, 15) is 14.4 Å². The first-order chi connectivity index (χ1) is 9.45. The second-order valence-electron chi connectivity index (χ2n) is 4.63. The number of rotatable bonds is 3. The summed E-state index contributed by atoms with van der Waals surface area (Å²) < 4.78 is 0. The molecule has 0 atom stereocenters. The van der Waals surface area contributed by atoms with Crippen LogP contribution in [0.3, 0.4) is 0 Å². The van der Waals surface area contributed by atoms with Crippen LogP contribution in [0.5, 0.6) is 0 Å². The van der Waals surface area contributed by atoms with Gasteiger partial charge in [0.1, 0.15) is 13.1 Å². The molecule has 1 heterocycles. The molecule has 0 aromatic heterocycles. The maximum Gasteiger partial charge on any atom is 0.299 e. The van der Waals surface area contributed by atoms with Crippen LogP contribution in [0.25, 0.3) is 0 Å². The lowest BCUT2D eigenvalue weighted by Gasteiger charge is -2.16. The van der Waals surface area contributed by atoms with E-state index in [1.807, 2.05) is 13.0 Å². The lowest BCUT2D eigenvalue weighted by Crippen LogP contribution is -2.40. The van der Waals surface area contributed by atoms with E-state index in [-0.39, 0.29) is 13.1 Å². The normalized spacial score (nSPS) is 13.2. The maximum absolute atomic E-state index is 12.0. The van der Waals surface area contributed by atoms with E-state index in [1.54, 1.807) is 19.1 Å². The molecule has 0 bridgehead atoms. The fourth-order valence-electron chi connectivity index (χ4n) is 2.29. The largest absolute Gasteiger partial charge is 0.341 e. The summed E-state index contributed by atoms with van der Waals surface area (Å²) in [6.45, 7) is 3.22. The minimum atomic E-state index is -0.708. The van der Waals surface area contributed by atoms with Crippen molar-refractivity contribution in [3.63, 3.8) is 0 Å². The number of fused-ring (bicyclic) bond motifs is 1. The summed E-state index contributed by atoms with van der Waals surface area (Å²) in [5.74, 6) is -1.77. The van der Waals surface area contributed by atoms with Gasteiger partial charge in [-0.2, -0.15) is 5.26 Å². The molecule has 0 saturated carbocycles. The number of carbonyl (C=O) groups is 3. The number of carbonyl (C=O) groups excluding carboxylic acids is 3. The molecular weight excluding hydrogens is 258 g/mol. The highest BCUT2D eigenvalue weighted by molar-refractivity contribution is 6.53. The van der Waals surface area contributed by atoms with E-state index in [1.165, 1.54) is 0 Å². The number of benzene rings is 1. The van der Waals surface area contributed by atoms with Gasteiger partial charge in [0.2, 0.25) is 5.91 Å². The second-order valence-corrected chi connectivity index (χ2v) is 4.63. The van der Waals surface area contributed by atoms with Crippen LogP contribution in [-0.2, 0) is 9.59 Å². The van der Waals surface area contributed by atoms with Gasteiger partial charge in [0.15, 0.2) is 0 Å². The van der Waals surface area contributed by atoms with Gasteiger partial charge in [-0.3, -0.25) is 19.3 Å². The molecule has 6 heteroatoms. The van der Waals surface area contributed by atoms with E-state index in [0.29, 0.717) is 11.3 Å². The van der Waals surface area contributed by atoms with Crippen molar-refractivity contribution in [1.29, 1.82) is 5.26 Å². The molecule has 1 aromatic rings. The minimum absolute atomic E-state index is 0.130. The van der Waals surface area contributed by atoms with E-state index in [2.05, 4.69) is 5.32 Å². The molecular formula is C14H13N3O3. The third-order valence-corrected chi connectivity index (χ3v) is 3.08. The summed E-state index contributed by atoms with van der Waals surface area (Å²) in [7, 11) is 0. The number of hydrogen-bond acceptors (Lipinski definition) is 4. The molecule has 0 unspecified atom stereocenters. The Morgan fingerprint density at radius 2 is 2.05 bits per heavy atom. The fraction of sp³-hybridized carbons (Fsp3) is 0.286. The molecule has 0 saturated heterocycles. The van der Waals surface area contributed by atoms with Crippen molar-refractivity contribution in [3.05, 3.63) is 28.8 Å². The molecule has 0 radical (unpaired) electrons. The minimum Gasteiger partial charge on any atom is -0.341 e. The van der Waals surface area contributed by atoms with Crippen LogP contribution in [0, 0.1) is 25.2 Å². The topological polar surface area (TPSA) is 90.3 Å². The van der Waals surface area contributed by atoms with Crippen LogP contribution >= 0.6 is 0 Å². The van der Waals surface area contributed by atoms with Crippen LogP contribution < -0.4 is 10.2 Å². The molecule has 1 aromatic carbocycles. The van der Waals surface area contributed by atoms with E-state index in [4.69, 9.17) is 5.26 Å². The van der Waals surface area contributed by atoms with Crippen LogP contribution in [-0.4, -0.2) is 30.7 Å². The predicted molar refractivity (Wildman–Crippen MR) is 71.2 cm³/mol.